The van der Waals surface area contributed by atoms with Gasteiger partial charge in [0.15, 0.2) is 5.69 Å². The summed E-state index contributed by atoms with van der Waals surface area (Å²) in [5, 5.41) is 12.9. The van der Waals surface area contributed by atoms with E-state index in [0.29, 0.717) is 31.1 Å². The van der Waals surface area contributed by atoms with Gasteiger partial charge in [-0.15, -0.1) is 0 Å². The molecule has 1 saturated heterocycles. The standard InChI is InChI=1S/C11H19N5O2/c1-14-10(12)8-9(13-14)11(18)16-4-2-15(3-5-16)6-7-17/h8,17H,2-7,12H2,1H3. The van der Waals surface area contributed by atoms with Gasteiger partial charge in [0.1, 0.15) is 5.82 Å². The van der Waals surface area contributed by atoms with Gasteiger partial charge in [0, 0.05) is 45.8 Å². The van der Waals surface area contributed by atoms with Gasteiger partial charge in [-0.25, -0.2) is 0 Å². The van der Waals surface area contributed by atoms with Gasteiger partial charge < -0.3 is 15.7 Å². The molecule has 0 radical (unpaired) electrons. The summed E-state index contributed by atoms with van der Waals surface area (Å²) in [5.74, 6) is 0.406. The third-order valence-electron chi connectivity index (χ3n) is 3.21. The quantitative estimate of drug-likeness (QED) is 0.703. The third-order valence-corrected chi connectivity index (χ3v) is 3.21. The number of piperazine rings is 1. The molecule has 0 bridgehead atoms. The van der Waals surface area contributed by atoms with Crippen molar-refractivity contribution in [3.8, 4) is 0 Å². The predicted octanol–water partition coefficient (Wildman–Crippen LogP) is -1.25. The third kappa shape index (κ3) is 2.62. The average molecular weight is 253 g/mol. The van der Waals surface area contributed by atoms with Crippen LogP contribution < -0.4 is 5.73 Å². The van der Waals surface area contributed by atoms with Crippen LogP contribution >= 0.6 is 0 Å². The number of carbonyl (C=O) groups excluding carboxylic acids is 1. The molecule has 1 aromatic heterocycles. The maximum Gasteiger partial charge on any atom is 0.274 e. The van der Waals surface area contributed by atoms with E-state index in [0.717, 1.165) is 13.1 Å². The summed E-state index contributed by atoms with van der Waals surface area (Å²) in [6, 6.07) is 1.60. The van der Waals surface area contributed by atoms with E-state index in [1.54, 1.807) is 18.0 Å². The van der Waals surface area contributed by atoms with Crippen molar-refractivity contribution >= 4 is 11.7 Å². The van der Waals surface area contributed by atoms with E-state index in [1.807, 2.05) is 0 Å². The molecule has 100 valence electrons. The number of nitrogen functional groups attached to an aromatic ring is 1. The smallest absolute Gasteiger partial charge is 0.274 e. The number of hydrogen-bond donors (Lipinski definition) is 2. The summed E-state index contributed by atoms with van der Waals surface area (Å²) >= 11 is 0. The summed E-state index contributed by atoms with van der Waals surface area (Å²) in [5.41, 5.74) is 6.06. The fourth-order valence-electron chi connectivity index (χ4n) is 2.06. The van der Waals surface area contributed by atoms with E-state index < -0.39 is 0 Å². The van der Waals surface area contributed by atoms with Crippen LogP contribution in [0.2, 0.25) is 0 Å². The van der Waals surface area contributed by atoms with Crippen molar-refractivity contribution in [2.45, 2.75) is 0 Å². The largest absolute Gasteiger partial charge is 0.395 e. The number of nitrogens with zero attached hydrogens (tertiary/aromatic N) is 4. The molecule has 1 aromatic rings. The van der Waals surface area contributed by atoms with Gasteiger partial charge in [0.2, 0.25) is 0 Å². The Hall–Kier alpha value is -1.60. The maximum atomic E-state index is 12.2. The van der Waals surface area contributed by atoms with Crippen LogP contribution in [0.4, 0.5) is 5.82 Å². The molecule has 3 N–H and O–H groups in total. The first-order valence-electron chi connectivity index (χ1n) is 6.04. The van der Waals surface area contributed by atoms with E-state index in [-0.39, 0.29) is 12.5 Å². The first kappa shape index (κ1) is 12.8. The van der Waals surface area contributed by atoms with E-state index >= 15 is 0 Å². The molecule has 7 nitrogen and oxygen atoms in total. The second-order valence-electron chi connectivity index (χ2n) is 4.44. The fraction of sp³-hybridized carbons (Fsp3) is 0.636. The van der Waals surface area contributed by atoms with Crippen LogP contribution in [0.3, 0.4) is 0 Å². The van der Waals surface area contributed by atoms with Crippen molar-refractivity contribution in [3.63, 3.8) is 0 Å². The minimum absolute atomic E-state index is 0.0778. The maximum absolute atomic E-state index is 12.2. The highest BCUT2D eigenvalue weighted by Crippen LogP contribution is 2.10. The molecule has 0 aromatic carbocycles. The molecule has 0 unspecified atom stereocenters. The van der Waals surface area contributed by atoms with Crippen molar-refractivity contribution in [1.82, 2.24) is 19.6 Å². The fourth-order valence-corrected chi connectivity index (χ4v) is 2.06. The Kier molecular flexibility index (Phi) is 3.83. The van der Waals surface area contributed by atoms with E-state index in [4.69, 9.17) is 10.8 Å². The van der Waals surface area contributed by atoms with Crippen molar-refractivity contribution in [2.24, 2.45) is 7.05 Å². The number of aliphatic hydroxyl groups is 1. The Morgan fingerprint density at radius 1 is 1.44 bits per heavy atom. The monoisotopic (exact) mass is 253 g/mol. The molecular weight excluding hydrogens is 234 g/mol. The summed E-state index contributed by atoms with van der Waals surface area (Å²) in [7, 11) is 1.71. The second kappa shape index (κ2) is 5.36. The molecule has 1 aliphatic rings. The van der Waals surface area contributed by atoms with Gasteiger partial charge in [-0.3, -0.25) is 14.4 Å². The highest BCUT2D eigenvalue weighted by molar-refractivity contribution is 5.93. The lowest BCUT2D eigenvalue weighted by Crippen LogP contribution is -2.49. The van der Waals surface area contributed by atoms with Crippen molar-refractivity contribution in [1.29, 1.82) is 0 Å². The van der Waals surface area contributed by atoms with Crippen LogP contribution in [0, 0.1) is 0 Å². The van der Waals surface area contributed by atoms with Gasteiger partial charge >= 0.3 is 0 Å². The zero-order valence-corrected chi connectivity index (χ0v) is 10.5. The highest BCUT2D eigenvalue weighted by atomic mass is 16.3. The van der Waals surface area contributed by atoms with Crippen LogP contribution in [-0.2, 0) is 7.05 Å². The minimum Gasteiger partial charge on any atom is -0.395 e. The van der Waals surface area contributed by atoms with E-state index in [2.05, 4.69) is 10.00 Å². The lowest BCUT2D eigenvalue weighted by Gasteiger charge is -2.33. The summed E-state index contributed by atoms with van der Waals surface area (Å²) in [4.78, 5) is 16.1. The van der Waals surface area contributed by atoms with Crippen LogP contribution in [-0.4, -0.2) is 69.9 Å². The van der Waals surface area contributed by atoms with Gasteiger partial charge in [0.05, 0.1) is 6.61 Å². The number of rotatable bonds is 3. The summed E-state index contributed by atoms with van der Waals surface area (Å²) in [6.07, 6.45) is 0. The van der Waals surface area contributed by atoms with Crippen LogP contribution in [0.1, 0.15) is 10.5 Å². The zero-order chi connectivity index (χ0) is 13.1. The van der Waals surface area contributed by atoms with Crippen molar-refractivity contribution in [3.05, 3.63) is 11.8 Å². The molecular formula is C11H19N5O2. The lowest BCUT2D eigenvalue weighted by atomic mass is 10.2. The minimum atomic E-state index is -0.0778. The van der Waals surface area contributed by atoms with Gasteiger partial charge in [-0.05, 0) is 0 Å². The second-order valence-corrected chi connectivity index (χ2v) is 4.44. The Labute approximate surface area is 106 Å². The number of nitrogens with two attached hydrogens (primary N) is 1. The SMILES string of the molecule is Cn1nc(C(=O)N2CCN(CCO)CC2)cc1N. The van der Waals surface area contributed by atoms with Gasteiger partial charge in [-0.1, -0.05) is 0 Å². The van der Waals surface area contributed by atoms with Crippen LogP contribution in [0.15, 0.2) is 6.07 Å². The first-order chi connectivity index (χ1) is 8.61. The van der Waals surface area contributed by atoms with Gasteiger partial charge in [0.25, 0.3) is 5.91 Å². The average Bonchev–Trinajstić information content (AvgIpc) is 2.70. The molecule has 2 rings (SSSR count). The number of β-amino-alcohol motifs (C(OH)–C–C–N with tert-alkyl or cyclic N) is 1. The Morgan fingerprint density at radius 2 is 2.11 bits per heavy atom. The molecule has 0 atom stereocenters. The van der Waals surface area contributed by atoms with E-state index in [9.17, 15) is 4.79 Å². The van der Waals surface area contributed by atoms with Crippen LogP contribution in [0.5, 0.6) is 0 Å². The number of aryl methyl sites for hydroxylation is 1. The van der Waals surface area contributed by atoms with Gasteiger partial charge in [-0.2, -0.15) is 5.10 Å². The predicted molar refractivity (Wildman–Crippen MR) is 67.0 cm³/mol. The number of aromatic nitrogens is 2. The molecule has 0 aliphatic carbocycles. The Balaban J connectivity index is 1.95. The molecule has 1 amide bonds. The van der Waals surface area contributed by atoms with Crippen LogP contribution in [0.25, 0.3) is 0 Å². The molecule has 7 heteroatoms. The summed E-state index contributed by atoms with van der Waals surface area (Å²) in [6.45, 7) is 3.72. The number of hydrogen-bond acceptors (Lipinski definition) is 5. The molecule has 18 heavy (non-hydrogen) atoms. The molecule has 0 spiro atoms. The highest BCUT2D eigenvalue weighted by Gasteiger charge is 2.23. The summed E-state index contributed by atoms with van der Waals surface area (Å²) < 4.78 is 1.50. The normalized spacial score (nSPS) is 17.1. The Bertz CT molecular complexity index is 404. The van der Waals surface area contributed by atoms with Crippen molar-refractivity contribution < 1.29 is 9.90 Å². The Morgan fingerprint density at radius 3 is 2.61 bits per heavy atom. The molecule has 2 heterocycles. The molecule has 1 fully saturated rings. The number of amides is 1. The number of aliphatic hydroxyl groups excluding tert-OH is 1. The molecule has 0 saturated carbocycles. The number of carbonyl (C=O) groups is 1. The van der Waals surface area contributed by atoms with Crippen molar-refractivity contribution in [2.75, 3.05) is 45.1 Å². The zero-order valence-electron chi connectivity index (χ0n) is 10.5. The first-order valence-corrected chi connectivity index (χ1v) is 6.04. The lowest BCUT2D eigenvalue weighted by molar-refractivity contribution is 0.0608. The van der Waals surface area contributed by atoms with E-state index in [1.165, 1.54) is 4.68 Å². The number of anilines is 1. The molecule has 1 aliphatic heterocycles. The topological polar surface area (TPSA) is 87.6 Å².